The molecule has 43 heavy (non-hydrogen) atoms. The molecule has 0 radical (unpaired) electrons. The van der Waals surface area contributed by atoms with E-state index in [0.29, 0.717) is 12.8 Å². The molecule has 0 spiro atoms. The van der Waals surface area contributed by atoms with Crippen LogP contribution in [0.3, 0.4) is 0 Å². The van der Waals surface area contributed by atoms with Crippen LogP contribution in [0.2, 0.25) is 10.0 Å². The second-order valence-electron chi connectivity index (χ2n) is 10.5. The molecule has 9 nitrogen and oxygen atoms in total. The summed E-state index contributed by atoms with van der Waals surface area (Å²) in [4.78, 5) is 54.1. The summed E-state index contributed by atoms with van der Waals surface area (Å²) in [5.41, 5.74) is 1.89. The van der Waals surface area contributed by atoms with Crippen molar-refractivity contribution in [3.05, 3.63) is 105 Å². The van der Waals surface area contributed by atoms with Gasteiger partial charge in [-0.15, -0.1) is 0 Å². The zero-order chi connectivity index (χ0) is 31.1. The van der Waals surface area contributed by atoms with Crippen LogP contribution >= 0.6 is 23.2 Å². The number of fused-ring (bicyclic) bond motifs is 1. The van der Waals surface area contributed by atoms with Gasteiger partial charge in [-0.05, 0) is 81.3 Å². The number of ketones is 1. The zero-order valence-corrected chi connectivity index (χ0v) is 25.4. The number of imide groups is 1. The van der Waals surface area contributed by atoms with Gasteiger partial charge in [-0.1, -0.05) is 52.5 Å². The predicted octanol–water partition coefficient (Wildman–Crippen LogP) is 5.65. The molecule has 12 heteroatoms. The molecule has 1 fully saturated rings. The molecular weight excluding hydrogens is 615 g/mol. The molecule has 1 aliphatic carbocycles. The predicted molar refractivity (Wildman–Crippen MR) is 159 cm³/mol. The van der Waals surface area contributed by atoms with Crippen LogP contribution < -0.4 is 4.18 Å². The number of allylic oxidation sites excluding steroid dienone is 2. The Morgan fingerprint density at radius 1 is 0.930 bits per heavy atom. The second-order valence-corrected chi connectivity index (χ2v) is 12.9. The fourth-order valence-corrected chi connectivity index (χ4v) is 6.52. The normalized spacial score (nSPS) is 18.2. The van der Waals surface area contributed by atoms with Gasteiger partial charge in [0.05, 0.1) is 22.4 Å². The summed E-state index contributed by atoms with van der Waals surface area (Å²) in [7, 11) is -4.11. The highest BCUT2D eigenvalue weighted by Crippen LogP contribution is 2.39. The molecule has 222 valence electrons. The Kier molecular flexibility index (Phi) is 8.47. The van der Waals surface area contributed by atoms with Gasteiger partial charge in [0.2, 0.25) is 0 Å². The maximum atomic E-state index is 13.8. The number of carbonyl (C=O) groups excluding carboxylic acids is 4. The topological polar surface area (TPSA) is 118 Å². The zero-order valence-electron chi connectivity index (χ0n) is 23.1. The van der Waals surface area contributed by atoms with Gasteiger partial charge < -0.3 is 4.18 Å². The third kappa shape index (κ3) is 6.22. The smallest absolute Gasteiger partial charge is 0.339 e. The number of Topliss-reactive ketones (excluding diaryl/α,β-unsaturated/α-hetero) is 1. The number of amides is 3. The highest BCUT2D eigenvalue weighted by Gasteiger charge is 2.52. The molecule has 1 saturated heterocycles. The SMILES string of the molecule is CC1=CC[C@@H]2C(=O)N(N(CC(=O)c3ccc(OS(=O)(=O)c4ccc(C)cc4)cc3)C(=O)c3ccc(Cl)cc3Cl)C(=O)[C@H]2C1. The Balaban J connectivity index is 1.41. The number of hydrogen-bond acceptors (Lipinski definition) is 7. The molecule has 3 aromatic carbocycles. The molecule has 2 aliphatic rings. The molecule has 0 unspecified atom stereocenters. The summed E-state index contributed by atoms with van der Waals surface area (Å²) in [6, 6.07) is 15.6. The first-order valence-electron chi connectivity index (χ1n) is 13.3. The van der Waals surface area contributed by atoms with E-state index >= 15 is 0 Å². The van der Waals surface area contributed by atoms with E-state index < -0.39 is 52.0 Å². The Hall–Kier alpha value is -3.99. The Morgan fingerprint density at radius 2 is 1.58 bits per heavy atom. The molecule has 0 aromatic heterocycles. The lowest BCUT2D eigenvalue weighted by Crippen LogP contribution is -2.52. The number of rotatable bonds is 8. The number of hydrazine groups is 1. The summed E-state index contributed by atoms with van der Waals surface area (Å²) < 4.78 is 30.5. The van der Waals surface area contributed by atoms with Gasteiger partial charge in [0.25, 0.3) is 17.7 Å². The molecule has 3 aromatic rings. The molecule has 1 heterocycles. The van der Waals surface area contributed by atoms with E-state index in [0.717, 1.165) is 21.2 Å². The van der Waals surface area contributed by atoms with Crippen LogP contribution in [0.5, 0.6) is 5.75 Å². The molecule has 0 saturated carbocycles. The summed E-state index contributed by atoms with van der Waals surface area (Å²) in [6.45, 7) is 3.03. The fourth-order valence-electron chi connectivity index (χ4n) is 5.10. The monoisotopic (exact) mass is 640 g/mol. The van der Waals surface area contributed by atoms with E-state index in [-0.39, 0.29) is 31.8 Å². The van der Waals surface area contributed by atoms with Crippen LogP contribution in [0.1, 0.15) is 46.0 Å². The van der Waals surface area contributed by atoms with Gasteiger partial charge in [0.1, 0.15) is 17.2 Å². The lowest BCUT2D eigenvalue weighted by molar-refractivity contribution is -0.154. The van der Waals surface area contributed by atoms with E-state index in [9.17, 15) is 27.6 Å². The fraction of sp³-hybridized carbons (Fsp3) is 0.226. The minimum Gasteiger partial charge on any atom is -0.379 e. The lowest BCUT2D eigenvalue weighted by atomic mass is 9.82. The first-order valence-corrected chi connectivity index (χ1v) is 15.5. The van der Waals surface area contributed by atoms with Crippen LogP contribution in [0.4, 0.5) is 0 Å². The van der Waals surface area contributed by atoms with Crippen molar-refractivity contribution >= 4 is 56.8 Å². The molecule has 2 atom stereocenters. The van der Waals surface area contributed by atoms with Crippen molar-refractivity contribution in [2.45, 2.75) is 31.6 Å². The number of carbonyl (C=O) groups is 4. The lowest BCUT2D eigenvalue weighted by Gasteiger charge is -2.30. The summed E-state index contributed by atoms with van der Waals surface area (Å²) >= 11 is 12.3. The molecule has 0 N–H and O–H groups in total. The van der Waals surface area contributed by atoms with Crippen LogP contribution in [-0.2, 0) is 19.7 Å². The molecule has 0 bridgehead atoms. The minimum atomic E-state index is -4.11. The van der Waals surface area contributed by atoms with Crippen molar-refractivity contribution < 1.29 is 31.8 Å². The van der Waals surface area contributed by atoms with E-state index in [4.69, 9.17) is 27.4 Å². The van der Waals surface area contributed by atoms with Crippen molar-refractivity contribution in [3.8, 4) is 5.75 Å². The van der Waals surface area contributed by atoms with E-state index in [2.05, 4.69) is 0 Å². The van der Waals surface area contributed by atoms with Gasteiger partial charge in [0.15, 0.2) is 5.78 Å². The highest BCUT2D eigenvalue weighted by molar-refractivity contribution is 7.87. The van der Waals surface area contributed by atoms with Crippen molar-refractivity contribution in [2.75, 3.05) is 6.54 Å². The van der Waals surface area contributed by atoms with E-state index in [1.807, 2.05) is 19.9 Å². The van der Waals surface area contributed by atoms with Gasteiger partial charge in [-0.3, -0.25) is 19.2 Å². The molecular formula is C31H26Cl2N2O7S. The first kappa shape index (κ1) is 30.5. The molecule has 5 rings (SSSR count). The quantitative estimate of drug-likeness (QED) is 0.135. The summed E-state index contributed by atoms with van der Waals surface area (Å²) in [6.07, 6.45) is 2.62. The Labute approximate surface area is 258 Å². The maximum Gasteiger partial charge on any atom is 0.339 e. The van der Waals surface area contributed by atoms with Crippen molar-refractivity contribution in [1.82, 2.24) is 10.0 Å². The standard InChI is InChI=1S/C31H26Cl2N2O7S/c1-18-3-11-23(12-4-18)43(40,41)42-22-9-6-20(7-10-22)28(36)17-34(29(37)25-14-8-21(32)16-27(25)33)35-30(38)24-13-5-19(2)15-26(24)31(35)39/h3-12,14,16,24,26H,13,15,17H2,1-2H3/t24-,26-/m0/s1. The minimum absolute atomic E-state index is 0.0136. The average molecular weight is 642 g/mol. The Morgan fingerprint density at radius 3 is 2.23 bits per heavy atom. The van der Waals surface area contributed by atoms with Crippen molar-refractivity contribution in [2.24, 2.45) is 11.8 Å². The van der Waals surface area contributed by atoms with E-state index in [1.165, 1.54) is 54.6 Å². The average Bonchev–Trinajstić information content (AvgIpc) is 3.20. The van der Waals surface area contributed by atoms with Gasteiger partial charge in [0, 0.05) is 10.6 Å². The third-order valence-corrected chi connectivity index (χ3v) is 9.23. The van der Waals surface area contributed by atoms with Gasteiger partial charge in [-0.25, -0.2) is 5.01 Å². The van der Waals surface area contributed by atoms with Crippen LogP contribution in [0.15, 0.2) is 83.3 Å². The van der Waals surface area contributed by atoms with E-state index in [1.54, 1.807) is 12.1 Å². The number of nitrogens with zero attached hydrogens (tertiary/aromatic N) is 2. The number of hydrogen-bond donors (Lipinski definition) is 0. The third-order valence-electron chi connectivity index (χ3n) is 7.42. The largest absolute Gasteiger partial charge is 0.379 e. The first-order chi connectivity index (χ1) is 20.4. The van der Waals surface area contributed by atoms with Crippen LogP contribution in [0.25, 0.3) is 0 Å². The number of aryl methyl sites for hydroxylation is 1. The summed E-state index contributed by atoms with van der Waals surface area (Å²) in [5, 5.41) is 1.85. The van der Waals surface area contributed by atoms with Gasteiger partial charge in [-0.2, -0.15) is 13.4 Å². The Bertz CT molecular complexity index is 1770. The molecule has 1 aliphatic heterocycles. The maximum absolute atomic E-state index is 13.8. The molecule has 3 amide bonds. The second kappa shape index (κ2) is 11.9. The highest BCUT2D eigenvalue weighted by atomic mass is 35.5. The number of benzene rings is 3. The number of halogens is 2. The summed E-state index contributed by atoms with van der Waals surface area (Å²) in [5.74, 6) is -3.91. The van der Waals surface area contributed by atoms with Gasteiger partial charge >= 0.3 is 10.1 Å². The van der Waals surface area contributed by atoms with Crippen LogP contribution in [-0.4, -0.2) is 48.5 Å². The van der Waals surface area contributed by atoms with Crippen molar-refractivity contribution in [3.63, 3.8) is 0 Å². The van der Waals surface area contributed by atoms with Crippen molar-refractivity contribution in [1.29, 1.82) is 0 Å². The van der Waals surface area contributed by atoms with Crippen LogP contribution in [0, 0.1) is 18.8 Å².